The molecule has 2 rings (SSSR count). The molecule has 1 heterocycles. The molecule has 3 nitrogen and oxygen atoms in total. The summed E-state index contributed by atoms with van der Waals surface area (Å²) in [6.07, 6.45) is 3.06. The van der Waals surface area contributed by atoms with Crippen LogP contribution in [0.5, 0.6) is 0 Å². The van der Waals surface area contributed by atoms with Gasteiger partial charge in [0, 0.05) is 18.6 Å². The Kier molecular flexibility index (Phi) is 3.48. The zero-order chi connectivity index (χ0) is 12.3. The van der Waals surface area contributed by atoms with Gasteiger partial charge in [-0.05, 0) is 32.4 Å². The second kappa shape index (κ2) is 4.88. The van der Waals surface area contributed by atoms with E-state index in [0.29, 0.717) is 0 Å². The van der Waals surface area contributed by atoms with Crippen molar-refractivity contribution in [1.82, 2.24) is 14.9 Å². The highest BCUT2D eigenvalue weighted by Crippen LogP contribution is 2.11. The van der Waals surface area contributed by atoms with Gasteiger partial charge in [-0.3, -0.25) is 0 Å². The zero-order valence-corrected chi connectivity index (χ0v) is 10.9. The Morgan fingerprint density at radius 2 is 2.06 bits per heavy atom. The average Bonchev–Trinajstić information content (AvgIpc) is 2.73. The fourth-order valence-corrected chi connectivity index (χ4v) is 1.83. The van der Waals surface area contributed by atoms with Crippen LogP contribution < -0.4 is 5.32 Å². The lowest BCUT2D eigenvalue weighted by Gasteiger charge is -2.24. The van der Waals surface area contributed by atoms with Crippen molar-refractivity contribution in [2.45, 2.75) is 39.3 Å². The van der Waals surface area contributed by atoms with Crippen LogP contribution in [-0.2, 0) is 6.54 Å². The zero-order valence-electron chi connectivity index (χ0n) is 10.9. The molecule has 0 aliphatic heterocycles. The number of benzene rings is 1. The van der Waals surface area contributed by atoms with Crippen LogP contribution in [0.15, 0.2) is 30.6 Å². The summed E-state index contributed by atoms with van der Waals surface area (Å²) in [4.78, 5) is 4.39. The van der Waals surface area contributed by atoms with E-state index in [1.807, 2.05) is 12.4 Å². The second-order valence-electron chi connectivity index (χ2n) is 5.09. The van der Waals surface area contributed by atoms with Gasteiger partial charge in [-0.15, -0.1) is 0 Å². The van der Waals surface area contributed by atoms with Crippen molar-refractivity contribution in [2.75, 3.05) is 6.54 Å². The number of aromatic nitrogens is 2. The van der Waals surface area contributed by atoms with E-state index >= 15 is 0 Å². The molecule has 0 atom stereocenters. The maximum atomic E-state index is 4.39. The van der Waals surface area contributed by atoms with E-state index in [1.54, 1.807) is 0 Å². The van der Waals surface area contributed by atoms with Crippen LogP contribution in [0.25, 0.3) is 11.0 Å². The van der Waals surface area contributed by atoms with Crippen molar-refractivity contribution in [3.8, 4) is 0 Å². The topological polar surface area (TPSA) is 29.9 Å². The molecular formula is C14H21N3. The molecule has 92 valence electrons. The lowest BCUT2D eigenvalue weighted by atomic mass is 10.0. The minimum atomic E-state index is 0.219. The van der Waals surface area contributed by atoms with Crippen molar-refractivity contribution >= 4 is 11.0 Å². The van der Waals surface area contributed by atoms with Crippen LogP contribution >= 0.6 is 0 Å². The molecule has 1 N–H and O–H groups in total. The number of rotatable bonds is 5. The van der Waals surface area contributed by atoms with Gasteiger partial charge in [-0.2, -0.15) is 0 Å². The molecule has 0 bridgehead atoms. The first-order valence-electron chi connectivity index (χ1n) is 6.27. The highest BCUT2D eigenvalue weighted by molar-refractivity contribution is 5.74. The number of hydrogen-bond acceptors (Lipinski definition) is 2. The summed E-state index contributed by atoms with van der Waals surface area (Å²) in [5.41, 5.74) is 2.50. The van der Waals surface area contributed by atoms with Crippen LogP contribution in [0, 0.1) is 0 Å². The van der Waals surface area contributed by atoms with Crippen LogP contribution in [-0.4, -0.2) is 21.6 Å². The van der Waals surface area contributed by atoms with Crippen LogP contribution in [0.2, 0.25) is 0 Å². The number of nitrogens with zero attached hydrogens (tertiary/aromatic N) is 2. The third-order valence-corrected chi connectivity index (χ3v) is 3.37. The van der Waals surface area contributed by atoms with Gasteiger partial charge in [0.15, 0.2) is 0 Å². The number of nitrogens with one attached hydrogen (secondary N) is 1. The number of imidazole rings is 1. The quantitative estimate of drug-likeness (QED) is 0.857. The van der Waals surface area contributed by atoms with E-state index in [2.05, 4.69) is 53.8 Å². The number of para-hydroxylation sites is 2. The van der Waals surface area contributed by atoms with E-state index in [9.17, 15) is 0 Å². The number of fused-ring (bicyclic) bond motifs is 1. The molecule has 0 fully saturated rings. The van der Waals surface area contributed by atoms with Gasteiger partial charge < -0.3 is 9.88 Å². The van der Waals surface area contributed by atoms with Gasteiger partial charge in [0.2, 0.25) is 0 Å². The minimum absolute atomic E-state index is 0.219. The predicted molar refractivity (Wildman–Crippen MR) is 72.1 cm³/mol. The Bertz CT molecular complexity index is 485. The Morgan fingerprint density at radius 3 is 2.82 bits per heavy atom. The monoisotopic (exact) mass is 231 g/mol. The molecule has 1 aromatic carbocycles. The standard InChI is InChI=1S/C14H21N3/c1-4-14(2,3)16-9-10-17-11-15-12-7-5-6-8-13(12)17/h5-8,11,16H,4,9-10H2,1-3H3. The van der Waals surface area contributed by atoms with Gasteiger partial charge in [0.05, 0.1) is 17.4 Å². The molecular weight excluding hydrogens is 210 g/mol. The third kappa shape index (κ3) is 2.86. The summed E-state index contributed by atoms with van der Waals surface area (Å²) < 4.78 is 2.20. The third-order valence-electron chi connectivity index (χ3n) is 3.37. The van der Waals surface area contributed by atoms with Crippen LogP contribution in [0.3, 0.4) is 0 Å². The molecule has 0 spiro atoms. The molecule has 3 heteroatoms. The summed E-state index contributed by atoms with van der Waals surface area (Å²) >= 11 is 0. The fourth-order valence-electron chi connectivity index (χ4n) is 1.83. The molecule has 0 radical (unpaired) electrons. The Balaban J connectivity index is 2.00. The van der Waals surface area contributed by atoms with Crippen molar-refractivity contribution in [3.63, 3.8) is 0 Å². The van der Waals surface area contributed by atoms with Crippen molar-refractivity contribution in [2.24, 2.45) is 0 Å². The van der Waals surface area contributed by atoms with Crippen LogP contribution in [0.1, 0.15) is 27.2 Å². The van der Waals surface area contributed by atoms with Crippen molar-refractivity contribution in [1.29, 1.82) is 0 Å². The predicted octanol–water partition coefficient (Wildman–Crippen LogP) is 2.81. The van der Waals surface area contributed by atoms with E-state index in [1.165, 1.54) is 5.52 Å². The average molecular weight is 231 g/mol. The van der Waals surface area contributed by atoms with Crippen LogP contribution in [0.4, 0.5) is 0 Å². The highest BCUT2D eigenvalue weighted by Gasteiger charge is 2.12. The maximum absolute atomic E-state index is 4.39. The van der Waals surface area contributed by atoms with Gasteiger partial charge in [-0.1, -0.05) is 19.1 Å². The molecule has 0 saturated heterocycles. The Morgan fingerprint density at radius 1 is 1.29 bits per heavy atom. The summed E-state index contributed by atoms with van der Waals surface area (Å²) in [6.45, 7) is 8.61. The first-order valence-corrected chi connectivity index (χ1v) is 6.27. The number of hydrogen-bond donors (Lipinski definition) is 1. The molecule has 1 aromatic heterocycles. The van der Waals surface area contributed by atoms with Gasteiger partial charge in [0.1, 0.15) is 0 Å². The summed E-state index contributed by atoms with van der Waals surface area (Å²) in [6, 6.07) is 8.25. The molecule has 0 unspecified atom stereocenters. The normalized spacial score (nSPS) is 12.2. The molecule has 2 aromatic rings. The smallest absolute Gasteiger partial charge is 0.0958 e. The van der Waals surface area contributed by atoms with E-state index in [4.69, 9.17) is 0 Å². The summed E-state index contributed by atoms with van der Waals surface area (Å²) in [5.74, 6) is 0. The van der Waals surface area contributed by atoms with E-state index < -0.39 is 0 Å². The minimum Gasteiger partial charge on any atom is -0.329 e. The van der Waals surface area contributed by atoms with Gasteiger partial charge in [-0.25, -0.2) is 4.98 Å². The summed E-state index contributed by atoms with van der Waals surface area (Å²) in [5, 5.41) is 3.56. The van der Waals surface area contributed by atoms with Gasteiger partial charge in [0.25, 0.3) is 0 Å². The summed E-state index contributed by atoms with van der Waals surface area (Å²) in [7, 11) is 0. The first-order chi connectivity index (χ1) is 8.12. The molecule has 17 heavy (non-hydrogen) atoms. The highest BCUT2D eigenvalue weighted by atomic mass is 15.1. The second-order valence-corrected chi connectivity index (χ2v) is 5.09. The van der Waals surface area contributed by atoms with Crippen molar-refractivity contribution in [3.05, 3.63) is 30.6 Å². The first kappa shape index (κ1) is 12.1. The molecule has 0 amide bonds. The molecule has 0 aliphatic carbocycles. The lowest BCUT2D eigenvalue weighted by Crippen LogP contribution is -2.40. The SMILES string of the molecule is CCC(C)(C)NCCn1cnc2ccccc21. The fraction of sp³-hybridized carbons (Fsp3) is 0.500. The molecule has 0 saturated carbocycles. The van der Waals surface area contributed by atoms with Gasteiger partial charge >= 0.3 is 0 Å². The van der Waals surface area contributed by atoms with E-state index in [0.717, 1.165) is 25.0 Å². The largest absolute Gasteiger partial charge is 0.329 e. The lowest BCUT2D eigenvalue weighted by molar-refractivity contribution is 0.369. The Labute approximate surface area is 103 Å². The maximum Gasteiger partial charge on any atom is 0.0958 e. The Hall–Kier alpha value is -1.35. The molecule has 0 aliphatic rings. The van der Waals surface area contributed by atoms with E-state index in [-0.39, 0.29) is 5.54 Å². The van der Waals surface area contributed by atoms with Crippen molar-refractivity contribution < 1.29 is 0 Å².